The van der Waals surface area contributed by atoms with Gasteiger partial charge in [-0.2, -0.15) is 0 Å². The van der Waals surface area contributed by atoms with E-state index in [1.54, 1.807) is 4.90 Å². The summed E-state index contributed by atoms with van der Waals surface area (Å²) in [6.07, 6.45) is 3.06. The molecule has 1 aliphatic carbocycles. The summed E-state index contributed by atoms with van der Waals surface area (Å²) in [4.78, 5) is 26.3. The number of hydrogen-bond donors (Lipinski definition) is 1. The Morgan fingerprint density at radius 1 is 1.21 bits per heavy atom. The Morgan fingerprint density at radius 3 is 2.79 bits per heavy atom. The SMILES string of the molecule is NC(=O)C1C2CCCC2CN1C(=O)CC1COc2ccccc2O1. The largest absolute Gasteiger partial charge is 0.486 e. The summed E-state index contributed by atoms with van der Waals surface area (Å²) >= 11 is 0. The van der Waals surface area contributed by atoms with Crippen molar-refractivity contribution in [2.24, 2.45) is 17.6 Å². The van der Waals surface area contributed by atoms with Crippen LogP contribution in [0, 0.1) is 11.8 Å². The lowest BCUT2D eigenvalue weighted by molar-refractivity contribution is -0.140. The highest BCUT2D eigenvalue weighted by Gasteiger charge is 2.48. The van der Waals surface area contributed by atoms with Crippen molar-refractivity contribution >= 4 is 11.8 Å². The van der Waals surface area contributed by atoms with Crippen LogP contribution in [0.25, 0.3) is 0 Å². The summed E-state index contributed by atoms with van der Waals surface area (Å²) in [5.41, 5.74) is 5.59. The molecule has 4 atom stereocenters. The molecule has 1 aromatic rings. The number of hydrogen-bond acceptors (Lipinski definition) is 4. The zero-order valence-corrected chi connectivity index (χ0v) is 13.5. The first kappa shape index (κ1) is 15.3. The molecule has 128 valence electrons. The number of benzene rings is 1. The van der Waals surface area contributed by atoms with Crippen molar-refractivity contribution in [1.82, 2.24) is 4.90 Å². The lowest BCUT2D eigenvalue weighted by Crippen LogP contribution is -2.48. The lowest BCUT2D eigenvalue weighted by atomic mass is 9.93. The number of fused-ring (bicyclic) bond motifs is 2. The third-order valence-electron chi connectivity index (χ3n) is 5.47. The minimum absolute atomic E-state index is 0.0684. The van der Waals surface area contributed by atoms with Gasteiger partial charge in [-0.3, -0.25) is 9.59 Å². The van der Waals surface area contributed by atoms with Gasteiger partial charge < -0.3 is 20.1 Å². The number of ether oxygens (including phenoxy) is 2. The molecule has 4 rings (SSSR count). The van der Waals surface area contributed by atoms with E-state index >= 15 is 0 Å². The van der Waals surface area contributed by atoms with Crippen LogP contribution in [0.3, 0.4) is 0 Å². The second-order valence-corrected chi connectivity index (χ2v) is 6.95. The van der Waals surface area contributed by atoms with Crippen molar-refractivity contribution in [3.8, 4) is 11.5 Å². The predicted octanol–water partition coefficient (Wildman–Crippen LogP) is 1.33. The van der Waals surface area contributed by atoms with Gasteiger partial charge >= 0.3 is 0 Å². The molecule has 2 heterocycles. The smallest absolute Gasteiger partial charge is 0.240 e. The van der Waals surface area contributed by atoms with E-state index in [0.29, 0.717) is 30.6 Å². The number of amides is 2. The zero-order chi connectivity index (χ0) is 16.7. The Kier molecular flexibility index (Phi) is 3.82. The molecule has 2 amide bonds. The van der Waals surface area contributed by atoms with Crippen LogP contribution in [0.5, 0.6) is 11.5 Å². The average molecular weight is 330 g/mol. The highest BCUT2D eigenvalue weighted by atomic mass is 16.6. The van der Waals surface area contributed by atoms with Crippen LogP contribution in [0.15, 0.2) is 24.3 Å². The molecule has 0 bridgehead atoms. The van der Waals surface area contributed by atoms with Gasteiger partial charge in [0.2, 0.25) is 11.8 Å². The van der Waals surface area contributed by atoms with Gasteiger partial charge in [-0.15, -0.1) is 0 Å². The van der Waals surface area contributed by atoms with E-state index in [4.69, 9.17) is 15.2 Å². The first-order valence-corrected chi connectivity index (χ1v) is 8.61. The first-order chi connectivity index (χ1) is 11.6. The normalized spacial score (nSPS) is 30.9. The van der Waals surface area contributed by atoms with Gasteiger partial charge in [0.05, 0.1) is 6.42 Å². The van der Waals surface area contributed by atoms with E-state index in [9.17, 15) is 9.59 Å². The fourth-order valence-corrected chi connectivity index (χ4v) is 4.40. The predicted molar refractivity (Wildman–Crippen MR) is 86.5 cm³/mol. The quantitative estimate of drug-likeness (QED) is 0.906. The van der Waals surface area contributed by atoms with E-state index < -0.39 is 6.04 Å². The molecular formula is C18H22N2O4. The standard InChI is InChI=1S/C18H22N2O4/c19-18(22)17-13-5-3-4-11(13)9-20(17)16(21)8-12-10-23-14-6-1-2-7-15(14)24-12/h1-2,6-7,11-13,17H,3-5,8-10H2,(H2,19,22). The van der Waals surface area contributed by atoms with Gasteiger partial charge in [0.1, 0.15) is 18.8 Å². The van der Waals surface area contributed by atoms with Crippen molar-refractivity contribution in [3.05, 3.63) is 24.3 Å². The number of likely N-dealkylation sites (tertiary alicyclic amines) is 1. The molecule has 0 aromatic heterocycles. The molecule has 1 saturated heterocycles. The number of carbonyl (C=O) groups excluding carboxylic acids is 2. The molecule has 2 fully saturated rings. The molecule has 24 heavy (non-hydrogen) atoms. The van der Waals surface area contributed by atoms with Crippen LogP contribution in [-0.4, -0.2) is 42.0 Å². The Hall–Kier alpha value is -2.24. The number of primary amides is 1. The molecular weight excluding hydrogens is 308 g/mol. The van der Waals surface area contributed by atoms with Gasteiger partial charge in [0.25, 0.3) is 0 Å². The highest BCUT2D eigenvalue weighted by Crippen LogP contribution is 2.42. The van der Waals surface area contributed by atoms with Crippen molar-refractivity contribution in [3.63, 3.8) is 0 Å². The fraction of sp³-hybridized carbons (Fsp3) is 0.556. The summed E-state index contributed by atoms with van der Waals surface area (Å²) < 4.78 is 11.5. The summed E-state index contributed by atoms with van der Waals surface area (Å²) in [6.45, 7) is 0.978. The summed E-state index contributed by atoms with van der Waals surface area (Å²) in [7, 11) is 0. The average Bonchev–Trinajstić information content (AvgIpc) is 3.15. The number of para-hydroxylation sites is 2. The fourth-order valence-electron chi connectivity index (χ4n) is 4.40. The van der Waals surface area contributed by atoms with Crippen molar-refractivity contribution in [2.75, 3.05) is 13.2 Å². The molecule has 4 unspecified atom stereocenters. The molecule has 2 N–H and O–H groups in total. The lowest BCUT2D eigenvalue weighted by Gasteiger charge is -2.29. The summed E-state index contributed by atoms with van der Waals surface area (Å²) in [5.74, 6) is 1.55. The van der Waals surface area contributed by atoms with Gasteiger partial charge in [0, 0.05) is 6.54 Å². The number of rotatable bonds is 3. The van der Waals surface area contributed by atoms with Crippen LogP contribution in [-0.2, 0) is 9.59 Å². The summed E-state index contributed by atoms with van der Waals surface area (Å²) in [5, 5.41) is 0. The third-order valence-corrected chi connectivity index (χ3v) is 5.47. The monoisotopic (exact) mass is 330 g/mol. The van der Waals surface area contributed by atoms with E-state index in [-0.39, 0.29) is 30.3 Å². The molecule has 1 aromatic carbocycles. The van der Waals surface area contributed by atoms with Crippen LogP contribution in [0.2, 0.25) is 0 Å². The maximum Gasteiger partial charge on any atom is 0.240 e. The Bertz CT molecular complexity index is 662. The van der Waals surface area contributed by atoms with Gasteiger partial charge in [-0.05, 0) is 36.8 Å². The van der Waals surface area contributed by atoms with Crippen LogP contribution in [0.1, 0.15) is 25.7 Å². The number of carbonyl (C=O) groups is 2. The summed E-state index contributed by atoms with van der Waals surface area (Å²) in [6, 6.07) is 6.98. The van der Waals surface area contributed by atoms with E-state index in [1.807, 2.05) is 24.3 Å². The second kappa shape index (κ2) is 6.00. The van der Waals surface area contributed by atoms with Crippen molar-refractivity contribution in [1.29, 1.82) is 0 Å². The first-order valence-electron chi connectivity index (χ1n) is 8.61. The van der Waals surface area contributed by atoms with E-state index in [2.05, 4.69) is 0 Å². The van der Waals surface area contributed by atoms with Gasteiger partial charge in [-0.25, -0.2) is 0 Å². The Balaban J connectivity index is 1.44. The molecule has 3 aliphatic rings. The third kappa shape index (κ3) is 2.60. The van der Waals surface area contributed by atoms with E-state index in [1.165, 1.54) is 0 Å². The van der Waals surface area contributed by atoms with Crippen molar-refractivity contribution < 1.29 is 19.1 Å². The minimum Gasteiger partial charge on any atom is -0.486 e. The second-order valence-electron chi connectivity index (χ2n) is 6.95. The molecule has 1 saturated carbocycles. The number of nitrogens with zero attached hydrogens (tertiary/aromatic N) is 1. The van der Waals surface area contributed by atoms with Gasteiger partial charge in [0.15, 0.2) is 11.5 Å². The van der Waals surface area contributed by atoms with E-state index in [0.717, 1.165) is 19.3 Å². The Morgan fingerprint density at radius 2 is 2.00 bits per heavy atom. The maximum atomic E-state index is 12.8. The molecule has 6 nitrogen and oxygen atoms in total. The van der Waals surface area contributed by atoms with Crippen LogP contribution < -0.4 is 15.2 Å². The van der Waals surface area contributed by atoms with Crippen LogP contribution >= 0.6 is 0 Å². The topological polar surface area (TPSA) is 81.9 Å². The molecule has 0 spiro atoms. The minimum atomic E-state index is -0.457. The molecule has 0 radical (unpaired) electrons. The zero-order valence-electron chi connectivity index (χ0n) is 13.5. The van der Waals surface area contributed by atoms with Crippen LogP contribution in [0.4, 0.5) is 0 Å². The number of nitrogens with two attached hydrogens (primary N) is 1. The van der Waals surface area contributed by atoms with Gasteiger partial charge in [-0.1, -0.05) is 18.6 Å². The maximum absolute atomic E-state index is 12.8. The molecule has 6 heteroatoms. The highest BCUT2D eigenvalue weighted by molar-refractivity contribution is 5.88. The Labute approximate surface area is 140 Å². The molecule has 2 aliphatic heterocycles. The van der Waals surface area contributed by atoms with Crippen molar-refractivity contribution in [2.45, 2.75) is 37.8 Å².